The number of nitrogens with one attached hydrogen (secondary N) is 1. The average Bonchev–Trinajstić information content (AvgIpc) is 2.59. The summed E-state index contributed by atoms with van der Waals surface area (Å²) in [6.45, 7) is 4.21. The molecule has 0 saturated carbocycles. The van der Waals surface area contributed by atoms with Crippen molar-refractivity contribution < 1.29 is 17.9 Å². The summed E-state index contributed by atoms with van der Waals surface area (Å²) in [4.78, 5) is 4.31. The summed E-state index contributed by atoms with van der Waals surface area (Å²) in [5.41, 5.74) is 2.26. The first kappa shape index (κ1) is 19.4. The Morgan fingerprint density at radius 1 is 1.26 bits per heavy atom. The van der Waals surface area contributed by atoms with Crippen molar-refractivity contribution in [3.05, 3.63) is 70.5 Å². The summed E-state index contributed by atoms with van der Waals surface area (Å²) in [5, 5.41) is 3.41. The van der Waals surface area contributed by atoms with Crippen LogP contribution in [-0.2, 0) is 16.5 Å². The van der Waals surface area contributed by atoms with E-state index in [1.165, 1.54) is 13.0 Å². The smallest absolute Gasteiger partial charge is 0.376 e. The van der Waals surface area contributed by atoms with Gasteiger partial charge in [-0.1, -0.05) is 31.2 Å². The van der Waals surface area contributed by atoms with Crippen LogP contribution >= 0.6 is 0 Å². The maximum Gasteiger partial charge on any atom is 0.416 e. The highest BCUT2D eigenvalue weighted by Crippen LogP contribution is 2.39. The highest BCUT2D eigenvalue weighted by Gasteiger charge is 2.44. The van der Waals surface area contributed by atoms with E-state index in [1.54, 1.807) is 13.1 Å². The van der Waals surface area contributed by atoms with E-state index in [9.17, 15) is 13.2 Å². The van der Waals surface area contributed by atoms with Crippen LogP contribution in [0.3, 0.4) is 0 Å². The number of nitrogens with zero attached hydrogens (tertiary/aromatic N) is 1. The molecule has 1 fully saturated rings. The Kier molecular flexibility index (Phi) is 5.29. The Labute approximate surface area is 157 Å². The number of hydrogen-bond donors (Lipinski definition) is 1. The molecule has 0 atom stereocenters. The minimum Gasteiger partial charge on any atom is -0.376 e. The molecule has 1 saturated heterocycles. The first-order valence-corrected chi connectivity index (χ1v) is 8.91. The monoisotopic (exact) mass is 376 g/mol. The number of allylic oxidation sites excluding steroid dienone is 5. The number of halogens is 3. The first-order chi connectivity index (χ1) is 12.8. The lowest BCUT2D eigenvalue weighted by molar-refractivity contribution is -0.138. The van der Waals surface area contributed by atoms with Crippen molar-refractivity contribution in [3.63, 3.8) is 0 Å². The molecule has 1 heterocycles. The fourth-order valence-corrected chi connectivity index (χ4v) is 3.55. The molecule has 0 bridgehead atoms. The topological polar surface area (TPSA) is 33.6 Å². The lowest BCUT2D eigenvalue weighted by Crippen LogP contribution is -2.57. The van der Waals surface area contributed by atoms with Gasteiger partial charge in [0.25, 0.3) is 0 Å². The third-order valence-electron chi connectivity index (χ3n) is 4.93. The normalized spacial score (nSPS) is 21.9. The third-order valence-corrected chi connectivity index (χ3v) is 4.93. The van der Waals surface area contributed by atoms with E-state index in [4.69, 9.17) is 4.74 Å². The molecule has 0 amide bonds. The molecule has 0 spiro atoms. The largest absolute Gasteiger partial charge is 0.416 e. The van der Waals surface area contributed by atoms with Gasteiger partial charge in [0.15, 0.2) is 0 Å². The summed E-state index contributed by atoms with van der Waals surface area (Å²) < 4.78 is 45.3. The first-order valence-electron chi connectivity index (χ1n) is 8.91. The summed E-state index contributed by atoms with van der Waals surface area (Å²) in [7, 11) is 1.73. The highest BCUT2D eigenvalue weighted by atomic mass is 19.4. The fraction of sp³-hybridized carbons (Fsp3) is 0.381. The number of ether oxygens (including phenoxy) is 1. The van der Waals surface area contributed by atoms with Gasteiger partial charge in [0.05, 0.1) is 24.5 Å². The van der Waals surface area contributed by atoms with E-state index in [1.807, 2.05) is 18.2 Å². The molecule has 1 aromatic carbocycles. The Hall–Kier alpha value is -2.34. The van der Waals surface area contributed by atoms with Gasteiger partial charge >= 0.3 is 6.18 Å². The van der Waals surface area contributed by atoms with E-state index in [2.05, 4.69) is 23.3 Å². The highest BCUT2D eigenvalue weighted by molar-refractivity contribution is 6.12. The predicted molar refractivity (Wildman–Crippen MR) is 101 cm³/mol. The number of hydrogen-bond acceptors (Lipinski definition) is 3. The zero-order valence-corrected chi connectivity index (χ0v) is 15.7. The van der Waals surface area contributed by atoms with E-state index in [0.717, 1.165) is 29.5 Å². The molecule has 1 N–H and O–H groups in total. The summed E-state index contributed by atoms with van der Waals surface area (Å²) in [6.07, 6.45) is 4.43. The van der Waals surface area contributed by atoms with Crippen LogP contribution < -0.4 is 5.32 Å². The lowest BCUT2D eigenvalue weighted by atomic mass is 9.82. The van der Waals surface area contributed by atoms with E-state index >= 15 is 0 Å². The van der Waals surface area contributed by atoms with Crippen LogP contribution in [0.5, 0.6) is 0 Å². The molecule has 2 aliphatic rings. The van der Waals surface area contributed by atoms with Crippen molar-refractivity contribution in [3.8, 4) is 0 Å². The number of benzene rings is 1. The molecule has 0 unspecified atom stereocenters. The predicted octanol–water partition coefficient (Wildman–Crippen LogP) is 4.69. The van der Waals surface area contributed by atoms with Gasteiger partial charge in [-0.3, -0.25) is 4.99 Å². The van der Waals surface area contributed by atoms with Crippen molar-refractivity contribution in [2.75, 3.05) is 20.3 Å². The van der Waals surface area contributed by atoms with Gasteiger partial charge in [-0.15, -0.1) is 0 Å². The van der Waals surface area contributed by atoms with Crippen LogP contribution in [0.15, 0.2) is 58.8 Å². The van der Waals surface area contributed by atoms with Crippen LogP contribution in [0, 0.1) is 6.92 Å². The van der Waals surface area contributed by atoms with Gasteiger partial charge in [0.2, 0.25) is 0 Å². The lowest BCUT2D eigenvalue weighted by Gasteiger charge is -2.45. The second kappa shape index (κ2) is 7.35. The molecule has 0 radical (unpaired) electrons. The van der Waals surface area contributed by atoms with Crippen molar-refractivity contribution >= 4 is 5.71 Å². The average molecular weight is 376 g/mol. The van der Waals surface area contributed by atoms with Gasteiger partial charge in [-0.2, -0.15) is 13.2 Å². The van der Waals surface area contributed by atoms with Crippen molar-refractivity contribution in [2.24, 2.45) is 4.99 Å². The molecule has 6 heteroatoms. The second-order valence-electron chi connectivity index (χ2n) is 6.79. The fourth-order valence-electron chi connectivity index (χ4n) is 3.55. The number of rotatable bonds is 4. The standard InChI is InChI=1S/C21H23F3N2O/c1-4-6-15-9-10-16(11-19(15)25-3)26-20(12-27-13-20)17-7-5-8-18(14(17)2)21(22,23)24/h5-11,26H,4,12-13H2,1-3H3/b15-6-,25-19?. The maximum absolute atomic E-state index is 13.3. The van der Waals surface area contributed by atoms with Gasteiger partial charge in [0, 0.05) is 12.7 Å². The minimum atomic E-state index is -4.38. The molecule has 3 nitrogen and oxygen atoms in total. The summed E-state index contributed by atoms with van der Waals surface area (Å²) >= 11 is 0. The van der Waals surface area contributed by atoms with Crippen molar-refractivity contribution in [2.45, 2.75) is 32.0 Å². The Balaban J connectivity index is 1.95. The summed E-state index contributed by atoms with van der Waals surface area (Å²) in [6, 6.07) is 4.32. The molecule has 1 aliphatic carbocycles. The molecular formula is C21H23F3N2O. The molecule has 1 aliphatic heterocycles. The van der Waals surface area contributed by atoms with Crippen LogP contribution in [0.4, 0.5) is 13.2 Å². The molecule has 0 aromatic heterocycles. The second-order valence-corrected chi connectivity index (χ2v) is 6.79. The van der Waals surface area contributed by atoms with Crippen LogP contribution in [0.1, 0.15) is 30.0 Å². The summed E-state index contributed by atoms with van der Waals surface area (Å²) in [5.74, 6) is 0. The molecular weight excluding hydrogens is 353 g/mol. The zero-order valence-electron chi connectivity index (χ0n) is 15.7. The zero-order chi connectivity index (χ0) is 19.7. The molecule has 1 aromatic rings. The van der Waals surface area contributed by atoms with Gasteiger partial charge in [-0.05, 0) is 48.3 Å². The van der Waals surface area contributed by atoms with Gasteiger partial charge in [0.1, 0.15) is 5.54 Å². The molecule has 144 valence electrons. The third kappa shape index (κ3) is 3.72. The quantitative estimate of drug-likeness (QED) is 0.827. The van der Waals surface area contributed by atoms with E-state index in [-0.39, 0.29) is 5.56 Å². The van der Waals surface area contributed by atoms with E-state index in [0.29, 0.717) is 18.8 Å². The van der Waals surface area contributed by atoms with Gasteiger partial charge < -0.3 is 10.1 Å². The Morgan fingerprint density at radius 3 is 2.56 bits per heavy atom. The minimum absolute atomic E-state index is 0.233. The van der Waals surface area contributed by atoms with Crippen LogP contribution in [0.2, 0.25) is 0 Å². The van der Waals surface area contributed by atoms with Gasteiger partial charge in [-0.25, -0.2) is 0 Å². The number of aliphatic imine (C=N–C) groups is 1. The molecule has 3 rings (SSSR count). The SMILES string of the molecule is CC/C=C1/C=CC(NC2(c3cccc(C(F)(F)F)c3C)COC2)=CC1=NC. The Bertz CT molecular complexity index is 843. The van der Waals surface area contributed by atoms with Crippen molar-refractivity contribution in [1.82, 2.24) is 5.32 Å². The van der Waals surface area contributed by atoms with Crippen LogP contribution in [-0.4, -0.2) is 26.0 Å². The molecule has 27 heavy (non-hydrogen) atoms. The Morgan fingerprint density at radius 2 is 2.00 bits per heavy atom. The maximum atomic E-state index is 13.3. The van der Waals surface area contributed by atoms with Crippen LogP contribution in [0.25, 0.3) is 0 Å². The number of alkyl halides is 3. The van der Waals surface area contributed by atoms with E-state index < -0.39 is 17.3 Å². The van der Waals surface area contributed by atoms with Crippen molar-refractivity contribution in [1.29, 1.82) is 0 Å².